The van der Waals surface area contributed by atoms with Gasteiger partial charge in [-0.15, -0.1) is 11.3 Å². The lowest BCUT2D eigenvalue weighted by molar-refractivity contribution is 0.336. The van der Waals surface area contributed by atoms with Crippen molar-refractivity contribution in [2.75, 3.05) is 13.1 Å². The molecule has 0 saturated carbocycles. The van der Waals surface area contributed by atoms with E-state index in [0.717, 1.165) is 11.4 Å². The molecule has 0 bridgehead atoms. The normalized spacial score (nSPS) is 24.9. The quantitative estimate of drug-likeness (QED) is 0.725. The summed E-state index contributed by atoms with van der Waals surface area (Å²) in [7, 11) is 0. The van der Waals surface area contributed by atoms with E-state index in [-0.39, 0.29) is 0 Å². The lowest BCUT2D eigenvalue weighted by Gasteiger charge is -2.12. The smallest absolute Gasteiger partial charge is 0.0328 e. The Bertz CT molecular complexity index is 235. The highest BCUT2D eigenvalue weighted by Crippen LogP contribution is 2.20. The maximum absolute atomic E-state index is 3.64. The first-order chi connectivity index (χ1) is 5.84. The third kappa shape index (κ3) is 2.09. The largest absolute Gasteiger partial charge is 0.297 e. The van der Waals surface area contributed by atoms with Crippen LogP contribution < -0.4 is 0 Å². The Morgan fingerprint density at radius 3 is 3.17 bits per heavy atom. The molecule has 1 saturated heterocycles. The summed E-state index contributed by atoms with van der Waals surface area (Å²) in [5.41, 5.74) is 0. The highest BCUT2D eigenvalue weighted by atomic mass is 79.9. The number of alkyl halides is 1. The summed E-state index contributed by atoms with van der Waals surface area (Å²) in [6, 6.07) is 4.34. The molecule has 12 heavy (non-hydrogen) atoms. The fraction of sp³-hybridized carbons (Fsp3) is 0.556. The van der Waals surface area contributed by atoms with Crippen LogP contribution in [0.15, 0.2) is 17.5 Å². The molecule has 0 amide bonds. The first kappa shape index (κ1) is 8.73. The molecule has 0 aromatic carbocycles. The van der Waals surface area contributed by atoms with Crippen LogP contribution >= 0.6 is 27.3 Å². The summed E-state index contributed by atoms with van der Waals surface area (Å²) in [6.07, 6.45) is 1.30. The third-order valence-electron chi connectivity index (χ3n) is 2.17. The Morgan fingerprint density at radius 1 is 1.67 bits per heavy atom. The number of nitrogens with zero attached hydrogens (tertiary/aromatic N) is 1. The summed E-state index contributed by atoms with van der Waals surface area (Å²) in [5.74, 6) is 0. The Kier molecular flexibility index (Phi) is 2.84. The van der Waals surface area contributed by atoms with Crippen LogP contribution in [0.4, 0.5) is 0 Å². The molecule has 1 nitrogen and oxygen atoms in total. The van der Waals surface area contributed by atoms with Gasteiger partial charge in [0.1, 0.15) is 0 Å². The minimum atomic E-state index is 0.720. The second-order valence-electron chi connectivity index (χ2n) is 3.20. The molecule has 0 spiro atoms. The lowest BCUT2D eigenvalue weighted by Crippen LogP contribution is -2.19. The number of thiophene rings is 1. The molecule has 2 heterocycles. The fourth-order valence-electron chi connectivity index (χ4n) is 1.55. The van der Waals surface area contributed by atoms with E-state index in [2.05, 4.69) is 38.3 Å². The van der Waals surface area contributed by atoms with Crippen LogP contribution in [0.3, 0.4) is 0 Å². The topological polar surface area (TPSA) is 3.24 Å². The van der Waals surface area contributed by atoms with E-state index in [4.69, 9.17) is 0 Å². The maximum atomic E-state index is 3.64. The van der Waals surface area contributed by atoms with Crippen LogP contribution in [0, 0.1) is 0 Å². The highest BCUT2D eigenvalue weighted by molar-refractivity contribution is 9.09. The van der Waals surface area contributed by atoms with E-state index in [1.54, 1.807) is 0 Å². The van der Waals surface area contributed by atoms with Crippen LogP contribution in [0.5, 0.6) is 0 Å². The number of hydrogen-bond donors (Lipinski definition) is 0. The van der Waals surface area contributed by atoms with Crippen molar-refractivity contribution >= 4 is 27.3 Å². The Balaban J connectivity index is 1.88. The highest BCUT2D eigenvalue weighted by Gasteiger charge is 2.19. The third-order valence-corrected chi connectivity index (χ3v) is 3.78. The summed E-state index contributed by atoms with van der Waals surface area (Å²) < 4.78 is 0. The fourth-order valence-corrected chi connectivity index (χ4v) is 2.91. The van der Waals surface area contributed by atoms with Crippen molar-refractivity contribution in [2.24, 2.45) is 0 Å². The molecule has 0 N–H and O–H groups in total. The molecular weight excluding hydrogens is 234 g/mol. The number of hydrogen-bond acceptors (Lipinski definition) is 2. The Morgan fingerprint density at radius 2 is 2.58 bits per heavy atom. The zero-order valence-electron chi connectivity index (χ0n) is 6.87. The summed E-state index contributed by atoms with van der Waals surface area (Å²) in [4.78, 5) is 4.71. The van der Waals surface area contributed by atoms with Crippen LogP contribution in [0.1, 0.15) is 11.3 Å². The van der Waals surface area contributed by atoms with Gasteiger partial charge in [0.25, 0.3) is 0 Å². The molecular formula is C9H12BrNS. The van der Waals surface area contributed by atoms with Gasteiger partial charge < -0.3 is 0 Å². The van der Waals surface area contributed by atoms with Crippen LogP contribution in [0.25, 0.3) is 0 Å². The molecule has 2 rings (SSSR count). The van der Waals surface area contributed by atoms with Crippen LogP contribution in [-0.2, 0) is 6.54 Å². The molecule has 1 atom stereocenters. The minimum Gasteiger partial charge on any atom is -0.297 e. The van der Waals surface area contributed by atoms with Crippen molar-refractivity contribution in [1.82, 2.24) is 4.90 Å². The van der Waals surface area contributed by atoms with E-state index in [1.807, 2.05) is 11.3 Å². The number of likely N-dealkylation sites (tertiary alicyclic amines) is 1. The first-order valence-corrected chi connectivity index (χ1v) is 6.03. The molecule has 1 unspecified atom stereocenters. The summed E-state index contributed by atoms with van der Waals surface area (Å²) >= 11 is 5.50. The predicted molar refractivity (Wildman–Crippen MR) is 56.9 cm³/mol. The maximum Gasteiger partial charge on any atom is 0.0328 e. The monoisotopic (exact) mass is 245 g/mol. The van der Waals surface area contributed by atoms with Gasteiger partial charge in [-0.2, -0.15) is 0 Å². The van der Waals surface area contributed by atoms with E-state index >= 15 is 0 Å². The van der Waals surface area contributed by atoms with E-state index < -0.39 is 0 Å². The number of rotatable bonds is 2. The van der Waals surface area contributed by atoms with Gasteiger partial charge in [0.2, 0.25) is 0 Å². The molecule has 0 aliphatic carbocycles. The average Bonchev–Trinajstić information content (AvgIpc) is 2.63. The van der Waals surface area contributed by atoms with E-state index in [9.17, 15) is 0 Å². The van der Waals surface area contributed by atoms with Gasteiger partial charge in [-0.05, 0) is 24.4 Å². The molecule has 1 aliphatic heterocycles. The van der Waals surface area contributed by atoms with E-state index in [1.165, 1.54) is 24.4 Å². The van der Waals surface area contributed by atoms with Gasteiger partial charge in [0, 0.05) is 22.8 Å². The van der Waals surface area contributed by atoms with Gasteiger partial charge in [-0.25, -0.2) is 0 Å². The zero-order valence-corrected chi connectivity index (χ0v) is 9.27. The summed E-state index contributed by atoms with van der Waals surface area (Å²) in [5, 5.41) is 2.15. The molecule has 1 aromatic heterocycles. The van der Waals surface area contributed by atoms with Crippen LogP contribution in [0.2, 0.25) is 0 Å². The molecule has 1 fully saturated rings. The van der Waals surface area contributed by atoms with Crippen LogP contribution in [-0.4, -0.2) is 22.8 Å². The van der Waals surface area contributed by atoms with Gasteiger partial charge in [0.15, 0.2) is 0 Å². The molecule has 66 valence electrons. The zero-order chi connectivity index (χ0) is 8.39. The molecule has 1 aliphatic rings. The molecule has 3 heteroatoms. The van der Waals surface area contributed by atoms with Crippen molar-refractivity contribution in [3.8, 4) is 0 Å². The van der Waals surface area contributed by atoms with Gasteiger partial charge in [-0.1, -0.05) is 22.0 Å². The van der Waals surface area contributed by atoms with Gasteiger partial charge >= 0.3 is 0 Å². The van der Waals surface area contributed by atoms with Gasteiger partial charge in [-0.3, -0.25) is 4.90 Å². The van der Waals surface area contributed by atoms with Gasteiger partial charge in [0.05, 0.1) is 0 Å². The predicted octanol–water partition coefficient (Wildman–Crippen LogP) is 2.72. The van der Waals surface area contributed by atoms with Crippen molar-refractivity contribution in [1.29, 1.82) is 0 Å². The Hall–Kier alpha value is 0.140. The second kappa shape index (κ2) is 3.90. The van der Waals surface area contributed by atoms with Crippen molar-refractivity contribution in [3.63, 3.8) is 0 Å². The second-order valence-corrected chi connectivity index (χ2v) is 5.53. The van der Waals surface area contributed by atoms with Crippen molar-refractivity contribution < 1.29 is 0 Å². The summed E-state index contributed by atoms with van der Waals surface area (Å²) in [6.45, 7) is 3.59. The first-order valence-electron chi connectivity index (χ1n) is 4.23. The minimum absolute atomic E-state index is 0.720. The SMILES string of the molecule is BrC1CCN(Cc2cccs2)C1. The molecule has 0 radical (unpaired) electrons. The number of halogens is 1. The lowest BCUT2D eigenvalue weighted by atomic mass is 10.4. The van der Waals surface area contributed by atoms with Crippen molar-refractivity contribution in [3.05, 3.63) is 22.4 Å². The van der Waals surface area contributed by atoms with Crippen molar-refractivity contribution in [2.45, 2.75) is 17.8 Å². The molecule has 1 aromatic rings. The standard InChI is InChI=1S/C9H12BrNS/c10-8-3-4-11(6-8)7-9-2-1-5-12-9/h1-2,5,8H,3-4,6-7H2. The van der Waals surface area contributed by atoms with E-state index in [0.29, 0.717) is 0 Å². The Labute approximate surface area is 85.5 Å². The average molecular weight is 246 g/mol.